The van der Waals surface area contributed by atoms with Crippen LogP contribution in [0, 0.1) is 0 Å². The van der Waals surface area contributed by atoms with Crippen molar-refractivity contribution in [3.8, 4) is 0 Å². The normalized spacial score (nSPS) is 17.3. The zero-order valence-corrected chi connectivity index (χ0v) is 16.5. The third kappa shape index (κ3) is 5.57. The number of hydrogen-bond donors (Lipinski definition) is 1. The number of likely N-dealkylation sites (N-methyl/N-ethyl adjacent to an activating group) is 1. The van der Waals surface area contributed by atoms with E-state index in [1.165, 1.54) is 5.56 Å². The van der Waals surface area contributed by atoms with Crippen molar-refractivity contribution in [1.29, 1.82) is 0 Å². The van der Waals surface area contributed by atoms with Gasteiger partial charge in [0.25, 0.3) is 0 Å². The van der Waals surface area contributed by atoms with Crippen LogP contribution in [0.15, 0.2) is 42.7 Å². The molecular formula is C21H31N5O. The summed E-state index contributed by atoms with van der Waals surface area (Å²) in [6.45, 7) is 4.16. The monoisotopic (exact) mass is 369 g/mol. The number of amides is 2. The van der Waals surface area contributed by atoms with E-state index in [1.807, 2.05) is 29.3 Å². The summed E-state index contributed by atoms with van der Waals surface area (Å²) in [5.74, 6) is 1.43. The molecule has 6 heteroatoms. The minimum absolute atomic E-state index is 0.0435. The minimum atomic E-state index is 0.0435. The number of carbonyl (C=O) groups is 1. The van der Waals surface area contributed by atoms with Gasteiger partial charge >= 0.3 is 6.03 Å². The number of nitrogens with zero attached hydrogens (tertiary/aromatic N) is 4. The first-order valence-corrected chi connectivity index (χ1v) is 9.86. The van der Waals surface area contributed by atoms with Crippen LogP contribution in [-0.2, 0) is 13.0 Å². The van der Waals surface area contributed by atoms with Crippen molar-refractivity contribution in [3.05, 3.63) is 54.1 Å². The number of piperidine rings is 1. The number of urea groups is 1. The number of likely N-dealkylation sites (tertiary alicyclic amines) is 1. The van der Waals surface area contributed by atoms with Crippen LogP contribution < -0.4 is 5.32 Å². The van der Waals surface area contributed by atoms with Crippen LogP contribution in [0.1, 0.15) is 30.1 Å². The van der Waals surface area contributed by atoms with E-state index in [9.17, 15) is 4.79 Å². The first kappa shape index (κ1) is 19.4. The fraction of sp³-hybridized carbons (Fsp3) is 0.524. The molecule has 0 aliphatic carbocycles. The summed E-state index contributed by atoms with van der Waals surface area (Å²) < 4.78 is 2.24. The number of nitrogens with one attached hydrogen (secondary N) is 1. The lowest BCUT2D eigenvalue weighted by Gasteiger charge is -2.32. The smallest absolute Gasteiger partial charge is 0.317 e. The second-order valence-corrected chi connectivity index (χ2v) is 7.53. The second-order valence-electron chi connectivity index (χ2n) is 7.53. The van der Waals surface area contributed by atoms with E-state index in [2.05, 4.69) is 52.2 Å². The first-order valence-electron chi connectivity index (χ1n) is 9.86. The average molecular weight is 370 g/mol. The molecule has 0 unspecified atom stereocenters. The van der Waals surface area contributed by atoms with Crippen molar-refractivity contribution in [2.45, 2.75) is 31.7 Å². The van der Waals surface area contributed by atoms with Crippen molar-refractivity contribution < 1.29 is 4.79 Å². The van der Waals surface area contributed by atoms with Gasteiger partial charge in [-0.2, -0.15) is 0 Å². The summed E-state index contributed by atoms with van der Waals surface area (Å²) in [7, 11) is 4.16. The summed E-state index contributed by atoms with van der Waals surface area (Å²) in [5, 5.41) is 3.07. The molecular weight excluding hydrogens is 338 g/mol. The summed E-state index contributed by atoms with van der Waals surface area (Å²) in [6.07, 6.45) is 6.91. The molecule has 1 N–H and O–H groups in total. The Morgan fingerprint density at radius 1 is 1.30 bits per heavy atom. The van der Waals surface area contributed by atoms with E-state index in [1.54, 1.807) is 0 Å². The van der Waals surface area contributed by atoms with Gasteiger partial charge in [-0.1, -0.05) is 30.3 Å². The summed E-state index contributed by atoms with van der Waals surface area (Å²) >= 11 is 0. The van der Waals surface area contributed by atoms with Crippen molar-refractivity contribution >= 4 is 6.03 Å². The van der Waals surface area contributed by atoms with Crippen LogP contribution in [0.5, 0.6) is 0 Å². The van der Waals surface area contributed by atoms with Gasteiger partial charge in [-0.25, -0.2) is 9.78 Å². The van der Waals surface area contributed by atoms with E-state index < -0.39 is 0 Å². The quantitative estimate of drug-likeness (QED) is 0.816. The minimum Gasteiger partial charge on any atom is -0.338 e. The lowest BCUT2D eigenvalue weighted by Crippen LogP contribution is -2.45. The molecule has 2 aromatic rings. The average Bonchev–Trinajstić information content (AvgIpc) is 3.16. The Morgan fingerprint density at radius 2 is 2.11 bits per heavy atom. The number of rotatable bonds is 7. The molecule has 1 fully saturated rings. The summed E-state index contributed by atoms with van der Waals surface area (Å²) in [6, 6.07) is 10.3. The predicted octanol–water partition coefficient (Wildman–Crippen LogP) is 2.58. The van der Waals surface area contributed by atoms with Crippen LogP contribution in [0.3, 0.4) is 0 Å². The predicted molar refractivity (Wildman–Crippen MR) is 108 cm³/mol. The molecule has 3 rings (SSSR count). The maximum absolute atomic E-state index is 12.6. The standard InChI is InChI=1S/C21H31N5O/c1-24(2)15-16-25-14-12-22-20(25)19-9-6-13-26(17-19)21(27)23-11-10-18-7-4-3-5-8-18/h3-5,7-8,12,14,19H,6,9-11,13,15-17H2,1-2H3,(H,23,27)/t19-/m1/s1. The molecule has 6 nitrogen and oxygen atoms in total. The fourth-order valence-corrected chi connectivity index (χ4v) is 3.62. The molecule has 2 heterocycles. The van der Waals surface area contributed by atoms with Crippen LogP contribution in [-0.4, -0.2) is 65.7 Å². The van der Waals surface area contributed by atoms with E-state index >= 15 is 0 Å². The molecule has 27 heavy (non-hydrogen) atoms. The van der Waals surface area contributed by atoms with E-state index in [0.717, 1.165) is 51.3 Å². The molecule has 1 saturated heterocycles. The Hall–Kier alpha value is -2.34. The number of imidazole rings is 1. The third-order valence-corrected chi connectivity index (χ3v) is 5.14. The van der Waals surface area contributed by atoms with Gasteiger partial charge in [0, 0.05) is 51.0 Å². The van der Waals surface area contributed by atoms with Gasteiger partial charge in [-0.05, 0) is 38.9 Å². The second kappa shape index (κ2) is 9.55. The SMILES string of the molecule is CN(C)CCn1ccnc1[C@@H]1CCCN(C(=O)NCCc2ccccc2)C1. The fourth-order valence-electron chi connectivity index (χ4n) is 3.62. The van der Waals surface area contributed by atoms with Crippen LogP contribution >= 0.6 is 0 Å². The molecule has 1 aliphatic rings. The Kier molecular flexibility index (Phi) is 6.87. The maximum Gasteiger partial charge on any atom is 0.317 e. The number of aromatic nitrogens is 2. The Morgan fingerprint density at radius 3 is 2.89 bits per heavy atom. The van der Waals surface area contributed by atoms with Crippen molar-refractivity contribution in [3.63, 3.8) is 0 Å². The zero-order chi connectivity index (χ0) is 19.1. The third-order valence-electron chi connectivity index (χ3n) is 5.14. The zero-order valence-electron chi connectivity index (χ0n) is 16.5. The van der Waals surface area contributed by atoms with Gasteiger partial charge in [0.15, 0.2) is 0 Å². The van der Waals surface area contributed by atoms with E-state index in [-0.39, 0.29) is 6.03 Å². The molecule has 0 radical (unpaired) electrons. The molecule has 1 aromatic heterocycles. The Balaban J connectivity index is 1.51. The largest absolute Gasteiger partial charge is 0.338 e. The van der Waals surface area contributed by atoms with Gasteiger partial charge in [-0.3, -0.25) is 0 Å². The summed E-state index contributed by atoms with van der Waals surface area (Å²) in [5.41, 5.74) is 1.25. The topological polar surface area (TPSA) is 53.4 Å². The number of benzene rings is 1. The Labute approximate surface area is 162 Å². The molecule has 2 amide bonds. The number of carbonyl (C=O) groups excluding carboxylic acids is 1. The van der Waals surface area contributed by atoms with Gasteiger partial charge < -0.3 is 19.7 Å². The molecule has 1 atom stereocenters. The van der Waals surface area contributed by atoms with Gasteiger partial charge in [0.05, 0.1) is 0 Å². The van der Waals surface area contributed by atoms with E-state index in [0.29, 0.717) is 12.5 Å². The molecule has 0 bridgehead atoms. The van der Waals surface area contributed by atoms with Crippen LogP contribution in [0.2, 0.25) is 0 Å². The lowest BCUT2D eigenvalue weighted by molar-refractivity contribution is 0.177. The van der Waals surface area contributed by atoms with Crippen LogP contribution in [0.25, 0.3) is 0 Å². The van der Waals surface area contributed by atoms with Gasteiger partial charge in [0.2, 0.25) is 0 Å². The molecule has 0 saturated carbocycles. The molecule has 1 aromatic carbocycles. The van der Waals surface area contributed by atoms with Crippen LogP contribution in [0.4, 0.5) is 4.79 Å². The Bertz CT molecular complexity index is 712. The molecule has 0 spiro atoms. The van der Waals surface area contributed by atoms with E-state index in [4.69, 9.17) is 0 Å². The highest BCUT2D eigenvalue weighted by Gasteiger charge is 2.27. The highest BCUT2D eigenvalue weighted by molar-refractivity contribution is 5.74. The van der Waals surface area contributed by atoms with Crippen molar-refractivity contribution in [2.24, 2.45) is 0 Å². The van der Waals surface area contributed by atoms with Crippen molar-refractivity contribution in [1.82, 2.24) is 24.7 Å². The highest BCUT2D eigenvalue weighted by Crippen LogP contribution is 2.25. The van der Waals surface area contributed by atoms with Gasteiger partial charge in [-0.15, -0.1) is 0 Å². The maximum atomic E-state index is 12.6. The first-order chi connectivity index (χ1) is 13.1. The summed E-state index contributed by atoms with van der Waals surface area (Å²) in [4.78, 5) is 21.3. The highest BCUT2D eigenvalue weighted by atomic mass is 16.2. The molecule has 1 aliphatic heterocycles. The van der Waals surface area contributed by atoms with Crippen molar-refractivity contribution in [2.75, 3.05) is 40.3 Å². The molecule has 146 valence electrons. The van der Waals surface area contributed by atoms with Gasteiger partial charge in [0.1, 0.15) is 5.82 Å². The lowest BCUT2D eigenvalue weighted by atomic mass is 9.97. The number of hydrogen-bond acceptors (Lipinski definition) is 3.